The highest BCUT2D eigenvalue weighted by molar-refractivity contribution is 6.20. The fraction of sp³-hybridized carbons (Fsp3) is 0.636. The largest absolute Gasteiger partial charge is 0.475 e. The third-order valence-corrected chi connectivity index (χ3v) is 2.06. The number of hydrogen-bond donors (Lipinski definition) is 1. The van der Waals surface area contributed by atoms with Crippen LogP contribution in [0.3, 0.4) is 0 Å². The Kier molecular flexibility index (Phi) is 5.32. The van der Waals surface area contributed by atoms with Crippen molar-refractivity contribution < 1.29 is 4.74 Å². The first-order valence-electron chi connectivity index (χ1n) is 5.44. The van der Waals surface area contributed by atoms with Gasteiger partial charge in [-0.25, -0.2) is 9.97 Å². The van der Waals surface area contributed by atoms with Gasteiger partial charge in [-0.3, -0.25) is 0 Å². The lowest BCUT2D eigenvalue weighted by atomic mass is 10.3. The minimum absolute atomic E-state index is 0.116. The van der Waals surface area contributed by atoms with Gasteiger partial charge in [0.1, 0.15) is 12.1 Å². The molecule has 0 aliphatic heterocycles. The number of anilines is 1. The average molecular weight is 244 g/mol. The standard InChI is InChI=1S/C11H18ClN3O/c1-8(2)16-11-6-10(14-7-15-11)13-5-4-9(3)12/h6-9H,4-5H2,1-3H3,(H,13,14,15). The first-order chi connectivity index (χ1) is 7.58. The number of ether oxygens (including phenoxy) is 1. The molecule has 0 saturated carbocycles. The summed E-state index contributed by atoms with van der Waals surface area (Å²) < 4.78 is 5.47. The van der Waals surface area contributed by atoms with Gasteiger partial charge in [0.05, 0.1) is 6.10 Å². The molecule has 1 N–H and O–H groups in total. The second-order valence-corrected chi connectivity index (χ2v) is 4.65. The third-order valence-electron chi connectivity index (χ3n) is 1.85. The number of nitrogens with one attached hydrogen (secondary N) is 1. The number of aromatic nitrogens is 2. The Bertz CT molecular complexity index is 318. The van der Waals surface area contributed by atoms with E-state index < -0.39 is 0 Å². The van der Waals surface area contributed by atoms with Crippen molar-refractivity contribution in [2.45, 2.75) is 38.7 Å². The van der Waals surface area contributed by atoms with E-state index in [-0.39, 0.29) is 11.5 Å². The first kappa shape index (κ1) is 13.0. The molecule has 0 spiro atoms. The Morgan fingerprint density at radius 3 is 2.75 bits per heavy atom. The maximum absolute atomic E-state index is 5.85. The van der Waals surface area contributed by atoms with Crippen LogP contribution in [0.5, 0.6) is 5.88 Å². The lowest BCUT2D eigenvalue weighted by Crippen LogP contribution is -2.10. The van der Waals surface area contributed by atoms with Crippen LogP contribution in [0.4, 0.5) is 5.82 Å². The van der Waals surface area contributed by atoms with Crippen molar-refractivity contribution >= 4 is 17.4 Å². The highest BCUT2D eigenvalue weighted by Gasteiger charge is 2.02. The van der Waals surface area contributed by atoms with Gasteiger partial charge in [0.15, 0.2) is 0 Å². The predicted molar refractivity (Wildman–Crippen MR) is 66.2 cm³/mol. The van der Waals surface area contributed by atoms with Gasteiger partial charge in [-0.15, -0.1) is 11.6 Å². The smallest absolute Gasteiger partial charge is 0.218 e. The topological polar surface area (TPSA) is 47.0 Å². The van der Waals surface area contributed by atoms with Crippen molar-refractivity contribution in [1.82, 2.24) is 9.97 Å². The molecule has 1 atom stereocenters. The average Bonchev–Trinajstić information content (AvgIpc) is 2.16. The Labute approximate surface area is 101 Å². The summed E-state index contributed by atoms with van der Waals surface area (Å²) in [5, 5.41) is 3.34. The SMILES string of the molecule is CC(Cl)CCNc1cc(OC(C)C)ncn1. The van der Waals surface area contributed by atoms with E-state index >= 15 is 0 Å². The molecule has 0 aliphatic carbocycles. The molecule has 0 aliphatic rings. The summed E-state index contributed by atoms with van der Waals surface area (Å²) >= 11 is 5.85. The molecule has 1 heterocycles. The van der Waals surface area contributed by atoms with Crippen LogP contribution in [0.25, 0.3) is 0 Å². The highest BCUT2D eigenvalue weighted by Crippen LogP contribution is 2.12. The number of rotatable bonds is 6. The molecule has 90 valence electrons. The Morgan fingerprint density at radius 2 is 2.12 bits per heavy atom. The summed E-state index contributed by atoms with van der Waals surface area (Å²) in [5.74, 6) is 1.36. The van der Waals surface area contributed by atoms with E-state index in [4.69, 9.17) is 16.3 Å². The summed E-state index contributed by atoms with van der Waals surface area (Å²) in [6, 6.07) is 1.79. The van der Waals surface area contributed by atoms with Crippen LogP contribution in [0, 0.1) is 0 Å². The molecule has 4 nitrogen and oxygen atoms in total. The summed E-state index contributed by atoms with van der Waals surface area (Å²) in [6.45, 7) is 6.69. The van der Waals surface area contributed by atoms with Crippen molar-refractivity contribution in [3.63, 3.8) is 0 Å². The molecule has 16 heavy (non-hydrogen) atoms. The minimum Gasteiger partial charge on any atom is -0.475 e. The monoisotopic (exact) mass is 243 g/mol. The van der Waals surface area contributed by atoms with Gasteiger partial charge in [0, 0.05) is 18.0 Å². The summed E-state index contributed by atoms with van der Waals surface area (Å²) in [6.07, 6.45) is 2.50. The second kappa shape index (κ2) is 6.53. The van der Waals surface area contributed by atoms with E-state index in [1.165, 1.54) is 6.33 Å². The molecule has 1 aromatic heterocycles. The molecule has 1 rings (SSSR count). The zero-order chi connectivity index (χ0) is 12.0. The van der Waals surface area contributed by atoms with Gasteiger partial charge in [-0.1, -0.05) is 0 Å². The molecule has 0 bridgehead atoms. The zero-order valence-corrected chi connectivity index (χ0v) is 10.7. The lowest BCUT2D eigenvalue weighted by molar-refractivity contribution is 0.232. The normalized spacial score (nSPS) is 12.6. The van der Waals surface area contributed by atoms with Crippen LogP contribution in [-0.4, -0.2) is 28.0 Å². The maximum Gasteiger partial charge on any atom is 0.218 e. The molecular weight excluding hydrogens is 226 g/mol. The van der Waals surface area contributed by atoms with E-state index in [9.17, 15) is 0 Å². The number of alkyl halides is 1. The van der Waals surface area contributed by atoms with Crippen molar-refractivity contribution in [2.24, 2.45) is 0 Å². The van der Waals surface area contributed by atoms with E-state index in [2.05, 4.69) is 15.3 Å². The molecule has 0 fully saturated rings. The molecule has 0 amide bonds. The van der Waals surface area contributed by atoms with Gasteiger partial charge >= 0.3 is 0 Å². The van der Waals surface area contributed by atoms with E-state index in [1.54, 1.807) is 6.07 Å². The van der Waals surface area contributed by atoms with Crippen LogP contribution < -0.4 is 10.1 Å². The van der Waals surface area contributed by atoms with Gasteiger partial charge in [-0.2, -0.15) is 0 Å². The van der Waals surface area contributed by atoms with Crippen molar-refractivity contribution in [1.29, 1.82) is 0 Å². The Hall–Kier alpha value is -1.03. The van der Waals surface area contributed by atoms with Crippen LogP contribution in [0.15, 0.2) is 12.4 Å². The quantitative estimate of drug-likeness (QED) is 0.781. The highest BCUT2D eigenvalue weighted by atomic mass is 35.5. The minimum atomic E-state index is 0.116. The number of nitrogens with zero attached hydrogens (tertiary/aromatic N) is 2. The molecule has 0 saturated heterocycles. The molecule has 5 heteroatoms. The summed E-state index contributed by atoms with van der Waals surface area (Å²) in [7, 11) is 0. The Balaban J connectivity index is 2.47. The third kappa shape index (κ3) is 5.16. The van der Waals surface area contributed by atoms with Crippen molar-refractivity contribution in [3.8, 4) is 5.88 Å². The molecule has 0 aromatic carbocycles. The number of hydrogen-bond acceptors (Lipinski definition) is 4. The molecule has 1 unspecified atom stereocenters. The van der Waals surface area contributed by atoms with Crippen LogP contribution in [0.2, 0.25) is 0 Å². The van der Waals surface area contributed by atoms with Gasteiger partial charge in [0.2, 0.25) is 5.88 Å². The summed E-state index contributed by atoms with van der Waals surface area (Å²) in [5.41, 5.74) is 0. The van der Waals surface area contributed by atoms with Gasteiger partial charge in [-0.05, 0) is 27.2 Å². The molecule has 0 radical (unpaired) electrons. The lowest BCUT2D eigenvalue weighted by Gasteiger charge is -2.10. The predicted octanol–water partition coefficient (Wildman–Crippen LogP) is 2.69. The van der Waals surface area contributed by atoms with E-state index in [0.29, 0.717) is 5.88 Å². The Morgan fingerprint density at radius 1 is 1.38 bits per heavy atom. The zero-order valence-electron chi connectivity index (χ0n) is 9.90. The van der Waals surface area contributed by atoms with Crippen molar-refractivity contribution in [2.75, 3.05) is 11.9 Å². The van der Waals surface area contributed by atoms with Gasteiger partial charge < -0.3 is 10.1 Å². The van der Waals surface area contributed by atoms with Crippen LogP contribution >= 0.6 is 11.6 Å². The van der Waals surface area contributed by atoms with Crippen LogP contribution in [0.1, 0.15) is 27.2 Å². The molecule has 1 aromatic rings. The maximum atomic E-state index is 5.85. The van der Waals surface area contributed by atoms with Gasteiger partial charge in [0.25, 0.3) is 0 Å². The molecular formula is C11H18ClN3O. The van der Waals surface area contributed by atoms with Crippen LogP contribution in [-0.2, 0) is 0 Å². The van der Waals surface area contributed by atoms with E-state index in [1.807, 2.05) is 20.8 Å². The fourth-order valence-corrected chi connectivity index (χ4v) is 1.25. The summed E-state index contributed by atoms with van der Waals surface area (Å²) in [4.78, 5) is 8.12. The van der Waals surface area contributed by atoms with E-state index in [0.717, 1.165) is 18.8 Å². The second-order valence-electron chi connectivity index (χ2n) is 3.90. The number of halogens is 1. The first-order valence-corrected chi connectivity index (χ1v) is 5.88. The fourth-order valence-electron chi connectivity index (χ4n) is 1.14. The van der Waals surface area contributed by atoms with Crippen molar-refractivity contribution in [3.05, 3.63) is 12.4 Å².